The van der Waals surface area contributed by atoms with E-state index < -0.39 is 11.7 Å². The molecule has 3 aromatic rings. The van der Waals surface area contributed by atoms with Crippen molar-refractivity contribution in [3.8, 4) is 0 Å². The smallest absolute Gasteiger partial charge is 0.355 e. The van der Waals surface area contributed by atoms with Gasteiger partial charge < -0.3 is 10.6 Å². The second-order valence-electron chi connectivity index (χ2n) is 6.12. The minimum atomic E-state index is -4.37. The normalized spacial score (nSPS) is 11.1. The van der Waals surface area contributed by atoms with E-state index in [0.29, 0.717) is 24.3 Å². The Kier molecular flexibility index (Phi) is 5.93. The van der Waals surface area contributed by atoms with Gasteiger partial charge in [0.05, 0.1) is 5.56 Å². The Morgan fingerprint density at radius 2 is 1.64 bits per heavy atom. The summed E-state index contributed by atoms with van der Waals surface area (Å²) >= 11 is 0. The van der Waals surface area contributed by atoms with Gasteiger partial charge in [0.2, 0.25) is 0 Å². The van der Waals surface area contributed by atoms with Gasteiger partial charge in [-0.25, -0.2) is 0 Å². The number of pyridine rings is 1. The van der Waals surface area contributed by atoms with E-state index in [-0.39, 0.29) is 11.6 Å². The van der Waals surface area contributed by atoms with E-state index in [1.165, 1.54) is 18.3 Å². The summed E-state index contributed by atoms with van der Waals surface area (Å²) < 4.78 is 37.9. The van der Waals surface area contributed by atoms with Crippen LogP contribution in [0.1, 0.15) is 21.6 Å². The first-order valence-corrected chi connectivity index (χ1v) is 8.64. The van der Waals surface area contributed by atoms with Crippen LogP contribution >= 0.6 is 0 Å². The Hall–Kier alpha value is -3.35. The number of benzene rings is 2. The number of aromatic nitrogens is 1. The lowest BCUT2D eigenvalue weighted by molar-refractivity contribution is -0.137. The number of halogens is 3. The molecule has 2 aromatic carbocycles. The van der Waals surface area contributed by atoms with Crippen molar-refractivity contribution in [1.82, 2.24) is 10.3 Å². The monoisotopic (exact) mass is 385 g/mol. The highest BCUT2D eigenvalue weighted by molar-refractivity contribution is 5.93. The van der Waals surface area contributed by atoms with Gasteiger partial charge in [-0.1, -0.05) is 30.3 Å². The molecule has 1 heterocycles. The zero-order valence-electron chi connectivity index (χ0n) is 14.8. The average molecular weight is 385 g/mol. The highest BCUT2D eigenvalue weighted by Crippen LogP contribution is 2.30. The molecule has 1 aromatic heterocycles. The lowest BCUT2D eigenvalue weighted by Crippen LogP contribution is -2.26. The number of amides is 1. The fraction of sp³-hybridized carbons (Fsp3) is 0.143. The van der Waals surface area contributed by atoms with Crippen LogP contribution in [0.4, 0.5) is 24.5 Å². The Labute approximate surface area is 160 Å². The summed E-state index contributed by atoms with van der Waals surface area (Å²) in [6, 6.07) is 17.6. The first-order chi connectivity index (χ1) is 13.4. The largest absolute Gasteiger partial charge is 0.416 e. The van der Waals surface area contributed by atoms with Crippen LogP contribution in [-0.4, -0.2) is 17.4 Å². The molecule has 0 spiro atoms. The van der Waals surface area contributed by atoms with Crippen molar-refractivity contribution in [2.24, 2.45) is 0 Å². The summed E-state index contributed by atoms with van der Waals surface area (Å²) in [5, 5.41) is 5.78. The van der Waals surface area contributed by atoms with Gasteiger partial charge in [-0.15, -0.1) is 0 Å². The van der Waals surface area contributed by atoms with E-state index in [1.807, 2.05) is 30.3 Å². The quantitative estimate of drug-likeness (QED) is 0.640. The third kappa shape index (κ3) is 5.33. The maximum absolute atomic E-state index is 12.6. The van der Waals surface area contributed by atoms with Crippen molar-refractivity contribution >= 4 is 17.3 Å². The topological polar surface area (TPSA) is 54.0 Å². The molecule has 0 aliphatic rings. The number of carbonyl (C=O) groups excluding carboxylic acids is 1. The Morgan fingerprint density at radius 1 is 0.929 bits per heavy atom. The second-order valence-corrected chi connectivity index (χ2v) is 6.12. The third-order valence-corrected chi connectivity index (χ3v) is 4.04. The van der Waals surface area contributed by atoms with Gasteiger partial charge >= 0.3 is 6.18 Å². The number of anilines is 2. The summed E-state index contributed by atoms with van der Waals surface area (Å²) in [5.41, 5.74) is 1.67. The molecule has 1 amide bonds. The predicted molar refractivity (Wildman–Crippen MR) is 101 cm³/mol. The van der Waals surface area contributed by atoms with Gasteiger partial charge in [-0.05, 0) is 48.4 Å². The van der Waals surface area contributed by atoms with E-state index in [0.717, 1.165) is 17.7 Å². The minimum absolute atomic E-state index is 0.227. The molecule has 0 aliphatic heterocycles. The van der Waals surface area contributed by atoms with E-state index >= 15 is 0 Å². The van der Waals surface area contributed by atoms with Crippen LogP contribution < -0.4 is 10.6 Å². The number of hydrogen-bond acceptors (Lipinski definition) is 3. The van der Waals surface area contributed by atoms with Crippen LogP contribution in [0.3, 0.4) is 0 Å². The average Bonchev–Trinajstić information content (AvgIpc) is 2.69. The predicted octanol–water partition coefficient (Wildman–Crippen LogP) is 4.82. The molecule has 7 heteroatoms. The molecule has 2 N–H and O–H groups in total. The molecule has 0 saturated carbocycles. The highest BCUT2D eigenvalue weighted by atomic mass is 19.4. The zero-order chi connectivity index (χ0) is 20.0. The van der Waals surface area contributed by atoms with Crippen molar-refractivity contribution < 1.29 is 18.0 Å². The van der Waals surface area contributed by atoms with Crippen molar-refractivity contribution in [2.75, 3.05) is 11.9 Å². The fourth-order valence-corrected chi connectivity index (χ4v) is 2.60. The molecule has 0 unspecified atom stereocenters. The van der Waals surface area contributed by atoms with Gasteiger partial charge in [-0.3, -0.25) is 9.78 Å². The number of hydrogen-bond donors (Lipinski definition) is 2. The van der Waals surface area contributed by atoms with E-state index in [4.69, 9.17) is 0 Å². The van der Waals surface area contributed by atoms with Gasteiger partial charge in [0.25, 0.3) is 5.91 Å². The maximum Gasteiger partial charge on any atom is 0.416 e. The molecular weight excluding hydrogens is 367 g/mol. The lowest BCUT2D eigenvalue weighted by Gasteiger charge is -2.10. The highest BCUT2D eigenvalue weighted by Gasteiger charge is 2.29. The van der Waals surface area contributed by atoms with Crippen LogP contribution in [0, 0.1) is 0 Å². The van der Waals surface area contributed by atoms with Crippen molar-refractivity contribution in [2.45, 2.75) is 12.6 Å². The third-order valence-electron chi connectivity index (χ3n) is 4.04. The molecule has 0 bridgehead atoms. The van der Waals surface area contributed by atoms with E-state index in [1.54, 1.807) is 12.1 Å². The first-order valence-electron chi connectivity index (χ1n) is 8.64. The zero-order valence-corrected chi connectivity index (χ0v) is 14.8. The van der Waals surface area contributed by atoms with E-state index in [9.17, 15) is 18.0 Å². The molecule has 28 heavy (non-hydrogen) atoms. The Balaban J connectivity index is 1.59. The molecule has 0 radical (unpaired) electrons. The molecule has 3 rings (SSSR count). The summed E-state index contributed by atoms with van der Waals surface area (Å²) in [6.07, 6.45) is -2.20. The van der Waals surface area contributed by atoms with Gasteiger partial charge in [-0.2, -0.15) is 13.2 Å². The number of rotatable bonds is 6. The molecule has 0 atom stereocenters. The van der Waals surface area contributed by atoms with Crippen LogP contribution in [0.15, 0.2) is 72.9 Å². The SMILES string of the molecule is O=C(NCCc1ccccc1)c1cc(Nc2ccc(C(F)(F)F)cc2)ccn1. The first kappa shape index (κ1) is 19.4. The fourth-order valence-electron chi connectivity index (χ4n) is 2.60. The lowest BCUT2D eigenvalue weighted by atomic mass is 10.1. The summed E-state index contributed by atoms with van der Waals surface area (Å²) in [6.45, 7) is 0.473. The Bertz CT molecular complexity index is 926. The molecule has 144 valence electrons. The van der Waals surface area contributed by atoms with Crippen LogP contribution in [-0.2, 0) is 12.6 Å². The van der Waals surface area contributed by atoms with Crippen molar-refractivity contribution in [3.63, 3.8) is 0 Å². The number of nitrogens with one attached hydrogen (secondary N) is 2. The Morgan fingerprint density at radius 3 is 2.32 bits per heavy atom. The van der Waals surface area contributed by atoms with Gasteiger partial charge in [0.1, 0.15) is 5.69 Å². The summed E-state index contributed by atoms with van der Waals surface area (Å²) in [5.74, 6) is -0.313. The van der Waals surface area contributed by atoms with Crippen LogP contribution in [0.25, 0.3) is 0 Å². The second kappa shape index (κ2) is 8.56. The van der Waals surface area contributed by atoms with E-state index in [2.05, 4.69) is 15.6 Å². The molecular formula is C21H18F3N3O. The van der Waals surface area contributed by atoms with Gasteiger partial charge in [0, 0.05) is 24.1 Å². The van der Waals surface area contributed by atoms with Crippen molar-refractivity contribution in [3.05, 3.63) is 89.7 Å². The van der Waals surface area contributed by atoms with Gasteiger partial charge in [0.15, 0.2) is 0 Å². The van der Waals surface area contributed by atoms with Crippen LogP contribution in [0.2, 0.25) is 0 Å². The minimum Gasteiger partial charge on any atom is -0.355 e. The standard InChI is InChI=1S/C21H18F3N3O/c22-21(23,24)16-6-8-17(9-7-16)27-18-11-13-25-19(14-18)20(28)26-12-10-15-4-2-1-3-5-15/h1-9,11,13-14H,10,12H2,(H,25,27)(H,26,28). The maximum atomic E-state index is 12.6. The van der Waals surface area contributed by atoms with Crippen molar-refractivity contribution in [1.29, 1.82) is 0 Å². The molecule has 0 saturated heterocycles. The number of nitrogens with zero attached hydrogens (tertiary/aromatic N) is 1. The number of carbonyl (C=O) groups is 1. The molecule has 0 fully saturated rings. The van der Waals surface area contributed by atoms with Crippen LogP contribution in [0.5, 0.6) is 0 Å². The molecule has 4 nitrogen and oxygen atoms in total. The number of alkyl halides is 3. The summed E-state index contributed by atoms with van der Waals surface area (Å²) in [7, 11) is 0. The molecule has 0 aliphatic carbocycles. The summed E-state index contributed by atoms with van der Waals surface area (Å²) in [4.78, 5) is 16.3.